The van der Waals surface area contributed by atoms with Crippen LogP contribution in [0.15, 0.2) is 81.9 Å². The lowest BCUT2D eigenvalue weighted by Gasteiger charge is -2.47. The molecule has 5 heteroatoms. The summed E-state index contributed by atoms with van der Waals surface area (Å²) in [5.74, 6) is 0.267. The molecular formula is C21H16ClNO2S. The Balaban J connectivity index is 0.00000150. The fourth-order valence-electron chi connectivity index (χ4n) is 5.01. The van der Waals surface area contributed by atoms with Gasteiger partial charge in [-0.25, -0.2) is 0 Å². The number of fused-ring (bicyclic) bond motifs is 1. The van der Waals surface area contributed by atoms with Crippen molar-refractivity contribution in [2.24, 2.45) is 0 Å². The Labute approximate surface area is 161 Å². The van der Waals surface area contributed by atoms with Gasteiger partial charge >= 0.3 is 0 Å². The van der Waals surface area contributed by atoms with Crippen molar-refractivity contribution in [1.29, 1.82) is 0 Å². The van der Waals surface area contributed by atoms with Crippen molar-refractivity contribution in [2.45, 2.75) is 23.8 Å². The first kappa shape index (κ1) is 15.9. The van der Waals surface area contributed by atoms with E-state index in [2.05, 4.69) is 52.5 Å². The van der Waals surface area contributed by atoms with Crippen LogP contribution in [0.4, 0.5) is 0 Å². The van der Waals surface area contributed by atoms with E-state index >= 15 is 0 Å². The summed E-state index contributed by atoms with van der Waals surface area (Å²) in [5, 5.41) is 3.62. The fraction of sp³-hybridized carbons (Fsp3) is 0.190. The van der Waals surface area contributed by atoms with Crippen LogP contribution in [-0.2, 0) is 5.41 Å². The number of halogens is 1. The molecule has 2 atom stereocenters. The summed E-state index contributed by atoms with van der Waals surface area (Å²) < 4.78 is 13.5. The van der Waals surface area contributed by atoms with Gasteiger partial charge in [0.25, 0.3) is 0 Å². The van der Waals surface area contributed by atoms with Crippen LogP contribution in [0, 0.1) is 0 Å². The van der Waals surface area contributed by atoms with Gasteiger partial charge in [-0.2, -0.15) is 4.57 Å². The summed E-state index contributed by atoms with van der Waals surface area (Å²) in [6, 6.07) is 13.5. The Morgan fingerprint density at radius 2 is 1.65 bits per heavy atom. The molecule has 3 aromatic heterocycles. The minimum atomic E-state index is -0.149. The van der Waals surface area contributed by atoms with E-state index in [9.17, 15) is 0 Å². The summed E-state index contributed by atoms with van der Waals surface area (Å²) in [5.41, 5.74) is 5.20. The van der Waals surface area contributed by atoms with E-state index in [4.69, 9.17) is 8.83 Å². The molecule has 26 heavy (non-hydrogen) atoms. The van der Waals surface area contributed by atoms with Crippen molar-refractivity contribution >= 4 is 11.3 Å². The first-order valence-corrected chi connectivity index (χ1v) is 9.40. The summed E-state index contributed by atoms with van der Waals surface area (Å²) in [6.45, 7) is 0. The second-order valence-electron chi connectivity index (χ2n) is 6.93. The van der Waals surface area contributed by atoms with Gasteiger partial charge in [0, 0.05) is 23.1 Å². The minimum absolute atomic E-state index is 0. The van der Waals surface area contributed by atoms with E-state index in [-0.39, 0.29) is 23.7 Å². The molecule has 0 fully saturated rings. The fourth-order valence-corrected chi connectivity index (χ4v) is 6.12. The van der Waals surface area contributed by atoms with Crippen molar-refractivity contribution in [3.63, 3.8) is 0 Å². The maximum absolute atomic E-state index is 5.52. The van der Waals surface area contributed by atoms with Gasteiger partial charge in [-0.3, -0.25) is 0 Å². The molecule has 0 N–H and O–H groups in total. The highest BCUT2D eigenvalue weighted by Crippen LogP contribution is 2.60. The van der Waals surface area contributed by atoms with Crippen LogP contribution in [0.25, 0.3) is 0 Å². The topological polar surface area (TPSA) is 30.2 Å². The van der Waals surface area contributed by atoms with Crippen molar-refractivity contribution < 1.29 is 25.8 Å². The lowest BCUT2D eigenvalue weighted by molar-refractivity contribution is -0.727. The van der Waals surface area contributed by atoms with Gasteiger partial charge in [0.15, 0.2) is 12.2 Å². The maximum Gasteiger partial charge on any atom is 0.246 e. The van der Waals surface area contributed by atoms with Gasteiger partial charge in [-0.1, -0.05) is 35.6 Å². The van der Waals surface area contributed by atoms with E-state index < -0.39 is 0 Å². The molecule has 2 aliphatic heterocycles. The molecule has 2 unspecified atom stereocenters. The molecule has 0 amide bonds. The zero-order chi connectivity index (χ0) is 16.4. The number of thiazole rings is 1. The van der Waals surface area contributed by atoms with Crippen molar-refractivity contribution in [3.05, 3.63) is 100 Å². The number of hydrogen-bond acceptors (Lipinski definition) is 3. The van der Waals surface area contributed by atoms with Crippen LogP contribution < -0.4 is 17.0 Å². The molecule has 4 aromatic rings. The van der Waals surface area contributed by atoms with Crippen LogP contribution in [0.1, 0.15) is 45.6 Å². The molecule has 2 bridgehead atoms. The Hall–Kier alpha value is -2.30. The number of hydrogen-bond donors (Lipinski definition) is 0. The predicted octanol–water partition coefficient (Wildman–Crippen LogP) is 1.65. The van der Waals surface area contributed by atoms with E-state index in [1.54, 1.807) is 12.5 Å². The second kappa shape index (κ2) is 5.60. The third-order valence-electron chi connectivity index (χ3n) is 5.99. The van der Waals surface area contributed by atoms with E-state index in [0.29, 0.717) is 6.04 Å². The number of nitrogens with zero attached hydrogens (tertiary/aromatic N) is 1. The second-order valence-corrected chi connectivity index (χ2v) is 7.85. The normalized spacial score (nSPS) is 21.7. The highest BCUT2D eigenvalue weighted by atomic mass is 35.5. The first-order valence-electron chi connectivity index (χ1n) is 8.52. The smallest absolute Gasteiger partial charge is 0.246 e. The van der Waals surface area contributed by atoms with Gasteiger partial charge in [0.2, 0.25) is 5.01 Å². The molecule has 5 heterocycles. The zero-order valence-corrected chi connectivity index (χ0v) is 15.4. The van der Waals surface area contributed by atoms with E-state index in [1.165, 1.54) is 27.3 Å². The molecule has 0 saturated carbocycles. The van der Waals surface area contributed by atoms with Crippen LogP contribution in [0.5, 0.6) is 0 Å². The van der Waals surface area contributed by atoms with Crippen LogP contribution in [0.3, 0.4) is 0 Å². The largest absolute Gasteiger partial charge is 1.00 e. The average Bonchev–Trinajstić information content (AvgIpc) is 3.44. The standard InChI is InChI=1S/C21H16NO2S.ClH/c1-2-4-17-16(3-1)18-11-21(14-5-8-23-12-14,15-6-9-24-13-15)19(17)20-22(18)7-10-25-20;/h1-10,12-13,18-19H,11H2;1H/q+1;/p-1. The minimum Gasteiger partial charge on any atom is -1.00 e. The average molecular weight is 382 g/mol. The molecule has 0 saturated heterocycles. The Morgan fingerprint density at radius 1 is 0.962 bits per heavy atom. The van der Waals surface area contributed by atoms with Gasteiger partial charge in [0.05, 0.1) is 41.8 Å². The summed E-state index contributed by atoms with van der Waals surface area (Å²) in [7, 11) is 0. The lowest BCUT2D eigenvalue weighted by atomic mass is 9.55. The monoisotopic (exact) mass is 381 g/mol. The van der Waals surface area contributed by atoms with Crippen molar-refractivity contribution in [2.75, 3.05) is 0 Å². The molecule has 1 aliphatic carbocycles. The number of rotatable bonds is 2. The van der Waals surface area contributed by atoms with Gasteiger partial charge < -0.3 is 21.2 Å². The Bertz CT molecular complexity index is 1020. The maximum atomic E-state index is 5.52. The molecule has 7 rings (SSSR count). The van der Waals surface area contributed by atoms with Crippen molar-refractivity contribution in [3.8, 4) is 0 Å². The number of furan rings is 2. The van der Waals surface area contributed by atoms with E-state index in [0.717, 1.165) is 6.42 Å². The van der Waals surface area contributed by atoms with Gasteiger partial charge in [-0.05, 0) is 17.7 Å². The third kappa shape index (κ3) is 1.81. The van der Waals surface area contributed by atoms with E-state index in [1.807, 2.05) is 23.9 Å². The molecule has 130 valence electrons. The summed E-state index contributed by atoms with van der Waals surface area (Å²) in [4.78, 5) is 0. The van der Waals surface area contributed by atoms with Crippen LogP contribution >= 0.6 is 11.3 Å². The first-order chi connectivity index (χ1) is 12.4. The van der Waals surface area contributed by atoms with Crippen LogP contribution in [-0.4, -0.2) is 0 Å². The third-order valence-corrected chi connectivity index (χ3v) is 6.94. The molecule has 0 spiro atoms. The molecule has 3 nitrogen and oxygen atoms in total. The van der Waals surface area contributed by atoms with Gasteiger partial charge in [-0.15, -0.1) is 0 Å². The summed E-state index contributed by atoms with van der Waals surface area (Å²) >= 11 is 1.85. The molecule has 1 aromatic carbocycles. The summed E-state index contributed by atoms with van der Waals surface area (Å²) in [6.07, 6.45) is 10.6. The molecular weight excluding hydrogens is 366 g/mol. The molecule has 3 aliphatic rings. The van der Waals surface area contributed by atoms with Crippen molar-refractivity contribution in [1.82, 2.24) is 0 Å². The van der Waals surface area contributed by atoms with Gasteiger partial charge in [0.1, 0.15) is 0 Å². The number of benzene rings is 1. The number of aromatic nitrogens is 1. The zero-order valence-electron chi connectivity index (χ0n) is 13.8. The Kier molecular flexibility index (Phi) is 3.43. The highest BCUT2D eigenvalue weighted by Gasteiger charge is 2.60. The highest BCUT2D eigenvalue weighted by molar-refractivity contribution is 7.09. The Morgan fingerprint density at radius 3 is 2.31 bits per heavy atom. The van der Waals surface area contributed by atoms with Crippen LogP contribution in [0.2, 0.25) is 0 Å². The quantitative estimate of drug-likeness (QED) is 0.494. The lowest BCUT2D eigenvalue weighted by Crippen LogP contribution is -3.00. The molecule has 0 radical (unpaired) electrons. The SMILES string of the molecule is [Cl-].c1ccc2c(c1)C1CC(c3ccoc3)(c3ccoc3)C2c2scc[n+]21. The predicted molar refractivity (Wildman–Crippen MR) is 93.8 cm³/mol.